The molecule has 0 saturated heterocycles. The molecule has 0 bridgehead atoms. The van der Waals surface area contributed by atoms with E-state index in [1.165, 1.54) is 0 Å². The van der Waals surface area contributed by atoms with Crippen LogP contribution >= 0.6 is 0 Å². The van der Waals surface area contributed by atoms with E-state index in [9.17, 15) is 5.26 Å². The summed E-state index contributed by atoms with van der Waals surface area (Å²) < 4.78 is 8.89. The number of fused-ring (bicyclic) bond motifs is 5. The molecule has 9 aromatic rings. The molecule has 2 aromatic heterocycles. The maximum Gasteiger partial charge on any atom is 0.160 e. The van der Waals surface area contributed by atoms with E-state index in [-0.39, 0.29) is 5.41 Å². The molecule has 0 atom stereocenters. The SMILES string of the molecule is CC1(C)c2cc(-c3ccc4c(c3)c3cc(C#N)ccc3n4-c3ccccc3)ccc2Oc2ccc(-c3nc(-c4ccccc4)cc(-c4ccccc4)n3)cc21. The maximum absolute atomic E-state index is 9.78. The Morgan fingerprint density at radius 2 is 1.02 bits per heavy atom. The van der Waals surface area contributed by atoms with Gasteiger partial charge in [0.1, 0.15) is 11.5 Å². The van der Waals surface area contributed by atoms with Gasteiger partial charge in [0.2, 0.25) is 0 Å². The third kappa shape index (κ3) is 5.47. The van der Waals surface area contributed by atoms with Gasteiger partial charge in [-0.2, -0.15) is 5.26 Å². The zero-order valence-electron chi connectivity index (χ0n) is 30.4. The quantitative estimate of drug-likeness (QED) is 0.179. The van der Waals surface area contributed by atoms with Crippen molar-refractivity contribution in [3.05, 3.63) is 187 Å². The molecule has 0 unspecified atom stereocenters. The van der Waals surface area contributed by atoms with Gasteiger partial charge in [0, 0.05) is 49.7 Å². The molecule has 1 aliphatic heterocycles. The zero-order chi connectivity index (χ0) is 37.1. The lowest BCUT2D eigenvalue weighted by Gasteiger charge is -2.35. The Balaban J connectivity index is 1.07. The third-order valence-electron chi connectivity index (χ3n) is 10.9. The lowest BCUT2D eigenvalue weighted by molar-refractivity contribution is 0.418. The third-order valence-corrected chi connectivity index (χ3v) is 10.9. The van der Waals surface area contributed by atoms with Crippen LogP contribution in [-0.2, 0) is 5.41 Å². The van der Waals surface area contributed by atoms with Crippen molar-refractivity contribution in [1.82, 2.24) is 14.5 Å². The minimum Gasteiger partial charge on any atom is -0.457 e. The molecule has 0 spiro atoms. The molecule has 10 rings (SSSR count). The van der Waals surface area contributed by atoms with Gasteiger partial charge < -0.3 is 9.30 Å². The lowest BCUT2D eigenvalue weighted by atomic mass is 9.74. The molecule has 0 fully saturated rings. The van der Waals surface area contributed by atoms with E-state index >= 15 is 0 Å². The highest BCUT2D eigenvalue weighted by Crippen LogP contribution is 2.50. The Morgan fingerprint density at radius 3 is 1.64 bits per heavy atom. The smallest absolute Gasteiger partial charge is 0.160 e. The molecule has 5 nitrogen and oxygen atoms in total. The van der Waals surface area contributed by atoms with Gasteiger partial charge in [-0.15, -0.1) is 0 Å². The van der Waals surface area contributed by atoms with Gasteiger partial charge in [-0.05, 0) is 90.0 Å². The number of para-hydroxylation sites is 1. The average Bonchev–Trinajstić information content (AvgIpc) is 3.57. The second-order valence-corrected chi connectivity index (χ2v) is 14.6. The van der Waals surface area contributed by atoms with Crippen LogP contribution in [0.5, 0.6) is 11.5 Å². The highest BCUT2D eigenvalue weighted by atomic mass is 16.5. The van der Waals surface area contributed by atoms with Crippen molar-refractivity contribution in [2.45, 2.75) is 19.3 Å². The molecule has 0 radical (unpaired) electrons. The summed E-state index contributed by atoms with van der Waals surface area (Å²) in [5.74, 6) is 2.35. The first-order valence-corrected chi connectivity index (χ1v) is 18.5. The van der Waals surface area contributed by atoms with Crippen molar-refractivity contribution >= 4 is 21.8 Å². The van der Waals surface area contributed by atoms with Gasteiger partial charge in [0.25, 0.3) is 0 Å². The van der Waals surface area contributed by atoms with E-state index in [4.69, 9.17) is 14.7 Å². The molecule has 0 amide bonds. The van der Waals surface area contributed by atoms with Crippen molar-refractivity contribution in [3.63, 3.8) is 0 Å². The van der Waals surface area contributed by atoms with Crippen LogP contribution in [0.3, 0.4) is 0 Å². The van der Waals surface area contributed by atoms with Crippen LogP contribution in [-0.4, -0.2) is 14.5 Å². The summed E-state index contributed by atoms with van der Waals surface area (Å²) >= 11 is 0. The number of aromatic nitrogens is 3. The predicted octanol–water partition coefficient (Wildman–Crippen LogP) is 12.5. The van der Waals surface area contributed by atoms with Crippen molar-refractivity contribution in [1.29, 1.82) is 5.26 Å². The summed E-state index contributed by atoms with van der Waals surface area (Å²) in [5, 5.41) is 11.9. The van der Waals surface area contributed by atoms with Crippen LogP contribution in [0.4, 0.5) is 0 Å². The molecule has 7 aromatic carbocycles. The summed E-state index contributed by atoms with van der Waals surface area (Å²) in [7, 11) is 0. The first kappa shape index (κ1) is 32.4. The number of hydrogen-bond acceptors (Lipinski definition) is 4. The second kappa shape index (κ2) is 12.7. The van der Waals surface area contributed by atoms with Crippen LogP contribution in [0.1, 0.15) is 30.5 Å². The molecule has 5 heteroatoms. The Hall–Kier alpha value is -7.29. The van der Waals surface area contributed by atoms with E-state index < -0.39 is 0 Å². The van der Waals surface area contributed by atoms with Crippen LogP contribution in [0.25, 0.3) is 72.5 Å². The topological polar surface area (TPSA) is 63.7 Å². The van der Waals surface area contributed by atoms with Crippen molar-refractivity contribution < 1.29 is 4.74 Å². The Labute approximate surface area is 319 Å². The molecule has 3 heterocycles. The number of hydrogen-bond donors (Lipinski definition) is 0. The molecule has 0 saturated carbocycles. The van der Waals surface area contributed by atoms with E-state index in [1.807, 2.05) is 54.6 Å². The van der Waals surface area contributed by atoms with Crippen LogP contribution < -0.4 is 4.74 Å². The van der Waals surface area contributed by atoms with Crippen molar-refractivity contribution in [2.24, 2.45) is 0 Å². The highest BCUT2D eigenvalue weighted by molar-refractivity contribution is 6.11. The summed E-state index contributed by atoms with van der Waals surface area (Å²) in [4.78, 5) is 10.2. The van der Waals surface area contributed by atoms with Crippen LogP contribution in [0.15, 0.2) is 170 Å². The summed E-state index contributed by atoms with van der Waals surface area (Å²) in [6.45, 7) is 4.52. The Bertz CT molecular complexity index is 2920. The Kier molecular flexibility index (Phi) is 7.47. The minimum atomic E-state index is -0.386. The molecule has 0 aliphatic carbocycles. The van der Waals surface area contributed by atoms with Gasteiger partial charge in [-0.3, -0.25) is 0 Å². The molecular formula is C50H34N4O. The van der Waals surface area contributed by atoms with Crippen molar-refractivity contribution in [3.8, 4) is 68.3 Å². The molecule has 0 N–H and O–H groups in total. The molecule has 1 aliphatic rings. The fraction of sp³-hybridized carbons (Fsp3) is 0.0600. The van der Waals surface area contributed by atoms with E-state index in [1.54, 1.807) is 0 Å². The van der Waals surface area contributed by atoms with Gasteiger partial charge in [0.15, 0.2) is 5.82 Å². The standard InChI is InChI=1S/C50H34N4O/c1-50(2)41-28-36(35-19-23-46-40(27-35)39-26-32(31-51)18-22-45(39)54(46)38-16-10-5-11-17-38)20-24-47(41)55-48-25-21-37(29-42(48)50)49-52-43(33-12-6-3-7-13-33)30-44(53-49)34-14-8-4-9-15-34/h3-30H,1-2H3. The number of ether oxygens (including phenoxy) is 1. The van der Waals surface area contributed by atoms with Crippen LogP contribution in [0, 0.1) is 11.3 Å². The van der Waals surface area contributed by atoms with E-state index in [2.05, 4.69) is 140 Å². The predicted molar refractivity (Wildman–Crippen MR) is 221 cm³/mol. The second-order valence-electron chi connectivity index (χ2n) is 14.6. The number of nitriles is 1. The lowest BCUT2D eigenvalue weighted by Crippen LogP contribution is -2.24. The number of benzene rings is 7. The average molecular weight is 707 g/mol. The van der Waals surface area contributed by atoms with E-state index in [0.29, 0.717) is 11.4 Å². The van der Waals surface area contributed by atoms with E-state index in [0.717, 1.165) is 89.3 Å². The normalized spacial score (nSPS) is 12.8. The van der Waals surface area contributed by atoms with Crippen LogP contribution in [0.2, 0.25) is 0 Å². The molecular weight excluding hydrogens is 673 g/mol. The first-order valence-electron chi connectivity index (χ1n) is 18.5. The molecule has 55 heavy (non-hydrogen) atoms. The summed E-state index contributed by atoms with van der Waals surface area (Å²) in [6.07, 6.45) is 0. The fourth-order valence-corrected chi connectivity index (χ4v) is 8.01. The monoisotopic (exact) mass is 706 g/mol. The summed E-state index contributed by atoms with van der Waals surface area (Å²) in [5.41, 5.74) is 12.7. The number of rotatable bonds is 5. The largest absolute Gasteiger partial charge is 0.457 e. The maximum atomic E-state index is 9.78. The van der Waals surface area contributed by atoms with Crippen molar-refractivity contribution in [2.75, 3.05) is 0 Å². The zero-order valence-corrected chi connectivity index (χ0v) is 30.4. The highest BCUT2D eigenvalue weighted by Gasteiger charge is 2.35. The Morgan fingerprint density at radius 1 is 0.509 bits per heavy atom. The first-order chi connectivity index (χ1) is 26.9. The number of nitrogens with zero attached hydrogens (tertiary/aromatic N) is 4. The molecule has 260 valence electrons. The fourth-order valence-electron chi connectivity index (χ4n) is 8.01. The van der Waals surface area contributed by atoms with Gasteiger partial charge in [0.05, 0.1) is 34.1 Å². The van der Waals surface area contributed by atoms with Gasteiger partial charge in [-0.25, -0.2) is 9.97 Å². The van der Waals surface area contributed by atoms with Gasteiger partial charge in [-0.1, -0.05) is 105 Å². The minimum absolute atomic E-state index is 0.386. The van der Waals surface area contributed by atoms with Gasteiger partial charge >= 0.3 is 0 Å². The summed E-state index contributed by atoms with van der Waals surface area (Å²) in [6, 6.07) is 60.7.